The summed E-state index contributed by atoms with van der Waals surface area (Å²) in [6.45, 7) is 8.30. The van der Waals surface area contributed by atoms with Crippen molar-refractivity contribution in [2.75, 3.05) is 26.2 Å². The van der Waals surface area contributed by atoms with Gasteiger partial charge in [-0.25, -0.2) is 0 Å². The molecule has 6 heteroatoms. The minimum atomic E-state index is 0. The highest BCUT2D eigenvalue weighted by Gasteiger charge is 2.27. The van der Waals surface area contributed by atoms with E-state index in [1.807, 2.05) is 0 Å². The van der Waals surface area contributed by atoms with Crippen LogP contribution in [0.1, 0.15) is 52.4 Å². The Hall–Kier alpha value is -0.0300. The number of rotatable bonds is 9. The number of halogens is 2. The van der Waals surface area contributed by atoms with E-state index in [4.69, 9.17) is 5.73 Å². The summed E-state index contributed by atoms with van der Waals surface area (Å²) < 4.78 is 0. The standard InChI is InChI=1S/C15H31N3O.2ClH/c1-3-13(4-2)14(18-10-5-6-11-18)12-17-15(19)8-7-9-16;;/h13-14H,3-12,16H2,1-2H3,(H,17,19);2*1H. The first kappa shape index (κ1) is 23.2. The van der Waals surface area contributed by atoms with Gasteiger partial charge in [0.2, 0.25) is 5.91 Å². The van der Waals surface area contributed by atoms with Gasteiger partial charge in [0.05, 0.1) is 0 Å². The Morgan fingerprint density at radius 2 is 1.76 bits per heavy atom. The van der Waals surface area contributed by atoms with E-state index in [-0.39, 0.29) is 30.7 Å². The molecule has 3 N–H and O–H groups in total. The van der Waals surface area contributed by atoms with Crippen molar-refractivity contribution in [3.63, 3.8) is 0 Å². The van der Waals surface area contributed by atoms with Gasteiger partial charge in [-0.3, -0.25) is 9.69 Å². The second-order valence-electron chi connectivity index (χ2n) is 5.58. The molecule has 1 heterocycles. The Labute approximate surface area is 142 Å². The van der Waals surface area contributed by atoms with Gasteiger partial charge < -0.3 is 11.1 Å². The summed E-state index contributed by atoms with van der Waals surface area (Å²) in [6.07, 6.45) is 6.33. The molecule has 1 rings (SSSR count). The zero-order valence-electron chi connectivity index (χ0n) is 13.5. The summed E-state index contributed by atoms with van der Waals surface area (Å²) in [5.74, 6) is 0.841. The van der Waals surface area contributed by atoms with Crippen molar-refractivity contribution in [1.82, 2.24) is 10.2 Å². The number of hydrogen-bond donors (Lipinski definition) is 2. The van der Waals surface area contributed by atoms with Crippen LogP contribution in [0.25, 0.3) is 0 Å². The molecule has 0 radical (unpaired) electrons. The Morgan fingerprint density at radius 1 is 1.19 bits per heavy atom. The number of nitrogens with two attached hydrogens (primary N) is 1. The van der Waals surface area contributed by atoms with Crippen LogP contribution in [-0.2, 0) is 4.79 Å². The van der Waals surface area contributed by atoms with Gasteiger partial charge >= 0.3 is 0 Å². The molecule has 0 spiro atoms. The molecule has 0 aromatic carbocycles. The molecule has 0 aliphatic carbocycles. The number of carbonyl (C=O) groups is 1. The third kappa shape index (κ3) is 8.24. The van der Waals surface area contributed by atoms with Gasteiger partial charge in [-0.2, -0.15) is 0 Å². The molecule has 1 amide bonds. The van der Waals surface area contributed by atoms with Crippen LogP contribution >= 0.6 is 24.8 Å². The van der Waals surface area contributed by atoms with Crippen molar-refractivity contribution in [3.8, 4) is 0 Å². The van der Waals surface area contributed by atoms with Crippen LogP contribution in [0.4, 0.5) is 0 Å². The van der Waals surface area contributed by atoms with Gasteiger partial charge in [-0.1, -0.05) is 26.7 Å². The molecular formula is C15H33Cl2N3O. The minimum absolute atomic E-state index is 0. The van der Waals surface area contributed by atoms with Crippen molar-refractivity contribution in [2.45, 2.75) is 58.4 Å². The van der Waals surface area contributed by atoms with Crippen LogP contribution in [0.15, 0.2) is 0 Å². The molecule has 1 unspecified atom stereocenters. The largest absolute Gasteiger partial charge is 0.355 e. The number of hydrogen-bond acceptors (Lipinski definition) is 3. The Kier molecular flexibility index (Phi) is 15.1. The van der Waals surface area contributed by atoms with Crippen LogP contribution in [0.2, 0.25) is 0 Å². The van der Waals surface area contributed by atoms with E-state index in [2.05, 4.69) is 24.1 Å². The van der Waals surface area contributed by atoms with Crippen molar-refractivity contribution < 1.29 is 4.79 Å². The maximum Gasteiger partial charge on any atom is 0.220 e. The number of amides is 1. The lowest BCUT2D eigenvalue weighted by Gasteiger charge is -2.34. The molecule has 21 heavy (non-hydrogen) atoms. The summed E-state index contributed by atoms with van der Waals surface area (Å²) >= 11 is 0. The summed E-state index contributed by atoms with van der Waals surface area (Å²) in [7, 11) is 0. The molecular weight excluding hydrogens is 309 g/mol. The molecule has 0 aromatic rings. The predicted octanol–water partition coefficient (Wildman–Crippen LogP) is 2.59. The zero-order valence-corrected chi connectivity index (χ0v) is 15.1. The van der Waals surface area contributed by atoms with Crippen molar-refractivity contribution >= 4 is 30.7 Å². The van der Waals surface area contributed by atoms with Crippen molar-refractivity contribution in [3.05, 3.63) is 0 Å². The van der Waals surface area contributed by atoms with E-state index in [0.29, 0.717) is 24.9 Å². The van der Waals surface area contributed by atoms with Crippen molar-refractivity contribution in [2.24, 2.45) is 11.7 Å². The fourth-order valence-electron chi connectivity index (χ4n) is 3.07. The first-order valence-corrected chi connectivity index (χ1v) is 7.93. The van der Waals surface area contributed by atoms with Crippen molar-refractivity contribution in [1.29, 1.82) is 0 Å². The number of carbonyl (C=O) groups excluding carboxylic acids is 1. The van der Waals surface area contributed by atoms with Gasteiger partial charge in [0.15, 0.2) is 0 Å². The summed E-state index contributed by atoms with van der Waals surface area (Å²) in [6, 6.07) is 0.513. The topological polar surface area (TPSA) is 58.4 Å². The average Bonchev–Trinajstić information content (AvgIpc) is 2.94. The summed E-state index contributed by atoms with van der Waals surface area (Å²) in [5, 5.41) is 3.11. The van der Waals surface area contributed by atoms with E-state index in [1.165, 1.54) is 38.8 Å². The average molecular weight is 342 g/mol. The second kappa shape index (κ2) is 13.6. The number of nitrogens with one attached hydrogen (secondary N) is 1. The fourth-order valence-corrected chi connectivity index (χ4v) is 3.07. The first-order valence-electron chi connectivity index (χ1n) is 7.93. The molecule has 1 atom stereocenters. The lowest BCUT2D eigenvalue weighted by Crippen LogP contribution is -2.46. The van der Waals surface area contributed by atoms with E-state index in [1.54, 1.807) is 0 Å². The summed E-state index contributed by atoms with van der Waals surface area (Å²) in [5.41, 5.74) is 5.44. The van der Waals surface area contributed by atoms with Gasteiger partial charge in [0.25, 0.3) is 0 Å². The fraction of sp³-hybridized carbons (Fsp3) is 0.933. The minimum Gasteiger partial charge on any atom is -0.355 e. The Bertz CT molecular complexity index is 255. The maximum atomic E-state index is 11.7. The molecule has 1 fully saturated rings. The monoisotopic (exact) mass is 341 g/mol. The Morgan fingerprint density at radius 3 is 2.24 bits per heavy atom. The van der Waals surface area contributed by atoms with Crippen LogP contribution in [0, 0.1) is 5.92 Å². The first-order chi connectivity index (χ1) is 9.22. The van der Waals surface area contributed by atoms with Gasteiger partial charge in [-0.05, 0) is 44.8 Å². The van der Waals surface area contributed by atoms with Gasteiger partial charge in [-0.15, -0.1) is 24.8 Å². The highest BCUT2D eigenvalue weighted by molar-refractivity contribution is 5.85. The highest BCUT2D eigenvalue weighted by Crippen LogP contribution is 2.22. The smallest absolute Gasteiger partial charge is 0.220 e. The number of likely N-dealkylation sites (tertiary alicyclic amines) is 1. The lowest BCUT2D eigenvalue weighted by atomic mass is 9.93. The molecule has 1 aliphatic heterocycles. The lowest BCUT2D eigenvalue weighted by molar-refractivity contribution is -0.121. The Balaban J connectivity index is 0. The van der Waals surface area contributed by atoms with Gasteiger partial charge in [0.1, 0.15) is 0 Å². The molecule has 1 aliphatic rings. The van der Waals surface area contributed by atoms with Crippen LogP contribution in [-0.4, -0.2) is 43.0 Å². The second-order valence-corrected chi connectivity index (χ2v) is 5.58. The van der Waals surface area contributed by atoms with E-state index >= 15 is 0 Å². The molecule has 1 saturated heterocycles. The van der Waals surface area contributed by atoms with Crippen LogP contribution in [0.5, 0.6) is 0 Å². The zero-order chi connectivity index (χ0) is 14.1. The SMILES string of the molecule is CCC(CC)C(CNC(=O)CCCN)N1CCCC1.Cl.Cl. The highest BCUT2D eigenvalue weighted by atomic mass is 35.5. The normalized spacial score (nSPS) is 16.2. The quantitative estimate of drug-likeness (QED) is 0.677. The molecule has 4 nitrogen and oxygen atoms in total. The van der Waals surface area contributed by atoms with E-state index in [0.717, 1.165) is 13.0 Å². The third-order valence-electron chi connectivity index (χ3n) is 4.32. The molecule has 0 aromatic heterocycles. The molecule has 0 bridgehead atoms. The van der Waals surface area contributed by atoms with E-state index < -0.39 is 0 Å². The van der Waals surface area contributed by atoms with E-state index in [9.17, 15) is 4.79 Å². The molecule has 0 saturated carbocycles. The van der Waals surface area contributed by atoms with Crippen LogP contribution < -0.4 is 11.1 Å². The van der Waals surface area contributed by atoms with Crippen LogP contribution in [0.3, 0.4) is 0 Å². The third-order valence-corrected chi connectivity index (χ3v) is 4.32. The summed E-state index contributed by atoms with van der Waals surface area (Å²) in [4.78, 5) is 14.3. The maximum absolute atomic E-state index is 11.7. The predicted molar refractivity (Wildman–Crippen MR) is 94.5 cm³/mol. The molecule has 128 valence electrons. The number of nitrogens with zero attached hydrogens (tertiary/aromatic N) is 1. The van der Waals surface area contributed by atoms with Gasteiger partial charge in [0, 0.05) is 19.0 Å².